The predicted octanol–water partition coefficient (Wildman–Crippen LogP) is 1.66. The van der Waals surface area contributed by atoms with Crippen molar-refractivity contribution in [2.45, 2.75) is 39.2 Å². The van der Waals surface area contributed by atoms with E-state index in [0.717, 1.165) is 0 Å². The van der Waals surface area contributed by atoms with Crippen molar-refractivity contribution in [2.75, 3.05) is 6.61 Å². The number of rotatable bonds is 5. The van der Waals surface area contributed by atoms with Gasteiger partial charge in [-0.3, -0.25) is 0 Å². The van der Waals surface area contributed by atoms with Gasteiger partial charge in [0.1, 0.15) is 5.60 Å². The van der Waals surface area contributed by atoms with Gasteiger partial charge in [-0.1, -0.05) is 13.5 Å². The van der Waals surface area contributed by atoms with Crippen LogP contribution in [0.1, 0.15) is 33.6 Å². The van der Waals surface area contributed by atoms with Gasteiger partial charge in [0.2, 0.25) is 0 Å². The van der Waals surface area contributed by atoms with Crippen LogP contribution in [0.15, 0.2) is 12.2 Å². The fourth-order valence-electron chi connectivity index (χ4n) is 0.847. The third kappa shape index (κ3) is 4.08. The third-order valence-electron chi connectivity index (χ3n) is 2.08. The quantitative estimate of drug-likeness (QED) is 0.524. The Balaban J connectivity index is 4.26. The van der Waals surface area contributed by atoms with E-state index in [0.29, 0.717) is 18.4 Å². The fourth-order valence-corrected chi connectivity index (χ4v) is 0.847. The molecule has 0 fully saturated rings. The second-order valence-electron chi connectivity index (χ2n) is 3.45. The van der Waals surface area contributed by atoms with Crippen molar-refractivity contribution in [3.8, 4) is 0 Å². The molecule has 3 heteroatoms. The van der Waals surface area contributed by atoms with E-state index in [1.807, 2.05) is 13.8 Å². The summed E-state index contributed by atoms with van der Waals surface area (Å²) < 4.78 is 5.19. The first-order valence-corrected chi connectivity index (χ1v) is 4.45. The molecule has 0 saturated heterocycles. The first-order valence-electron chi connectivity index (χ1n) is 4.45. The average Bonchev–Trinajstić information content (AvgIpc) is 2.04. The molecule has 1 unspecified atom stereocenters. The van der Waals surface area contributed by atoms with Gasteiger partial charge in [0, 0.05) is 18.6 Å². The minimum absolute atomic E-state index is 0.0216. The van der Waals surface area contributed by atoms with Crippen LogP contribution in [0.4, 0.5) is 0 Å². The number of esters is 1. The molecule has 0 aromatic carbocycles. The molecule has 0 aromatic heterocycles. The van der Waals surface area contributed by atoms with Crippen LogP contribution in [-0.4, -0.2) is 23.3 Å². The molecule has 1 atom stereocenters. The molecule has 0 bridgehead atoms. The highest BCUT2D eigenvalue weighted by atomic mass is 16.6. The van der Waals surface area contributed by atoms with Gasteiger partial charge >= 0.3 is 5.97 Å². The van der Waals surface area contributed by atoms with Gasteiger partial charge in [-0.15, -0.1) is 0 Å². The van der Waals surface area contributed by atoms with Crippen molar-refractivity contribution in [1.82, 2.24) is 0 Å². The predicted molar refractivity (Wildman–Crippen MR) is 51.3 cm³/mol. The van der Waals surface area contributed by atoms with E-state index >= 15 is 0 Å². The SMILES string of the molecule is C=C(C)C(=O)OC(C)(CC)CCO. The van der Waals surface area contributed by atoms with Crippen molar-refractivity contribution in [1.29, 1.82) is 0 Å². The normalized spacial score (nSPS) is 14.8. The van der Waals surface area contributed by atoms with Crippen LogP contribution in [-0.2, 0) is 9.53 Å². The van der Waals surface area contributed by atoms with E-state index < -0.39 is 11.6 Å². The monoisotopic (exact) mass is 186 g/mol. The van der Waals surface area contributed by atoms with E-state index in [2.05, 4.69) is 6.58 Å². The molecule has 0 spiro atoms. The Hall–Kier alpha value is -0.830. The van der Waals surface area contributed by atoms with Crippen molar-refractivity contribution >= 4 is 5.97 Å². The third-order valence-corrected chi connectivity index (χ3v) is 2.08. The van der Waals surface area contributed by atoms with E-state index in [-0.39, 0.29) is 6.61 Å². The molecule has 0 amide bonds. The summed E-state index contributed by atoms with van der Waals surface area (Å²) in [6, 6.07) is 0. The molecule has 3 nitrogen and oxygen atoms in total. The minimum Gasteiger partial charge on any atom is -0.456 e. The largest absolute Gasteiger partial charge is 0.456 e. The summed E-state index contributed by atoms with van der Waals surface area (Å²) in [5.41, 5.74) is -0.178. The summed E-state index contributed by atoms with van der Waals surface area (Å²) >= 11 is 0. The Kier molecular flexibility index (Phi) is 4.70. The average molecular weight is 186 g/mol. The highest BCUT2D eigenvalue weighted by Gasteiger charge is 2.26. The lowest BCUT2D eigenvalue weighted by Crippen LogP contribution is -2.32. The maximum atomic E-state index is 11.2. The van der Waals surface area contributed by atoms with Crippen molar-refractivity contribution < 1.29 is 14.6 Å². The van der Waals surface area contributed by atoms with Crippen LogP contribution in [0.25, 0.3) is 0 Å². The van der Waals surface area contributed by atoms with E-state index in [9.17, 15) is 4.79 Å². The van der Waals surface area contributed by atoms with Crippen LogP contribution in [0.5, 0.6) is 0 Å². The van der Waals surface area contributed by atoms with Crippen LogP contribution < -0.4 is 0 Å². The lowest BCUT2D eigenvalue weighted by atomic mass is 9.99. The number of hydrogen-bond donors (Lipinski definition) is 1. The highest BCUT2D eigenvalue weighted by molar-refractivity contribution is 5.87. The van der Waals surface area contributed by atoms with Gasteiger partial charge in [0.05, 0.1) is 0 Å². The number of carbonyl (C=O) groups is 1. The molecular weight excluding hydrogens is 168 g/mol. The molecule has 0 aliphatic heterocycles. The summed E-state index contributed by atoms with van der Waals surface area (Å²) in [5.74, 6) is -0.391. The standard InChI is InChI=1S/C10H18O3/c1-5-10(4,6-7-11)13-9(12)8(2)3/h11H,2,5-7H2,1,3-4H3. The molecule has 13 heavy (non-hydrogen) atoms. The number of carbonyl (C=O) groups excluding carboxylic acids is 1. The number of ether oxygens (including phenoxy) is 1. The topological polar surface area (TPSA) is 46.5 Å². The lowest BCUT2D eigenvalue weighted by Gasteiger charge is -2.27. The molecule has 76 valence electrons. The van der Waals surface area contributed by atoms with Crippen LogP contribution in [0.2, 0.25) is 0 Å². The second-order valence-corrected chi connectivity index (χ2v) is 3.45. The summed E-state index contributed by atoms with van der Waals surface area (Å²) in [5, 5.41) is 8.77. The van der Waals surface area contributed by atoms with Crippen LogP contribution in [0, 0.1) is 0 Å². The number of aliphatic hydroxyl groups excluding tert-OH is 1. The molecule has 0 aromatic rings. The summed E-state index contributed by atoms with van der Waals surface area (Å²) in [7, 11) is 0. The highest BCUT2D eigenvalue weighted by Crippen LogP contribution is 2.20. The molecular formula is C10H18O3. The van der Waals surface area contributed by atoms with E-state index in [1.165, 1.54) is 0 Å². The summed E-state index contributed by atoms with van der Waals surface area (Å²) in [6.07, 6.45) is 1.15. The number of hydrogen-bond acceptors (Lipinski definition) is 3. The Bertz CT molecular complexity index is 198. The van der Waals surface area contributed by atoms with Crippen molar-refractivity contribution in [2.24, 2.45) is 0 Å². The molecule has 0 saturated carbocycles. The zero-order chi connectivity index (χ0) is 10.5. The Morgan fingerprint density at radius 3 is 2.46 bits per heavy atom. The maximum absolute atomic E-state index is 11.2. The first kappa shape index (κ1) is 12.2. The minimum atomic E-state index is -0.565. The Labute approximate surface area is 79.4 Å². The lowest BCUT2D eigenvalue weighted by molar-refractivity contribution is -0.154. The maximum Gasteiger partial charge on any atom is 0.333 e. The van der Waals surface area contributed by atoms with E-state index in [1.54, 1.807) is 6.92 Å². The molecule has 0 radical (unpaired) electrons. The van der Waals surface area contributed by atoms with Gasteiger partial charge in [0.25, 0.3) is 0 Å². The molecule has 0 aliphatic rings. The van der Waals surface area contributed by atoms with Crippen LogP contribution in [0.3, 0.4) is 0 Å². The van der Waals surface area contributed by atoms with Gasteiger partial charge < -0.3 is 9.84 Å². The molecule has 0 rings (SSSR count). The van der Waals surface area contributed by atoms with E-state index in [4.69, 9.17) is 9.84 Å². The fraction of sp³-hybridized carbons (Fsp3) is 0.700. The zero-order valence-electron chi connectivity index (χ0n) is 8.59. The van der Waals surface area contributed by atoms with Gasteiger partial charge in [-0.05, 0) is 20.3 Å². The van der Waals surface area contributed by atoms with Crippen LogP contribution >= 0.6 is 0 Å². The van der Waals surface area contributed by atoms with Gasteiger partial charge in [-0.2, -0.15) is 0 Å². The van der Waals surface area contributed by atoms with Gasteiger partial charge in [0.15, 0.2) is 0 Å². The molecule has 0 heterocycles. The number of aliphatic hydroxyl groups is 1. The smallest absolute Gasteiger partial charge is 0.333 e. The Morgan fingerprint density at radius 2 is 2.15 bits per heavy atom. The molecule has 0 aliphatic carbocycles. The second kappa shape index (κ2) is 5.02. The first-order chi connectivity index (χ1) is 5.95. The summed E-state index contributed by atoms with van der Waals surface area (Å²) in [6.45, 7) is 8.85. The summed E-state index contributed by atoms with van der Waals surface area (Å²) in [4.78, 5) is 11.2. The molecule has 1 N–H and O–H groups in total. The Morgan fingerprint density at radius 1 is 1.62 bits per heavy atom. The zero-order valence-corrected chi connectivity index (χ0v) is 8.59. The van der Waals surface area contributed by atoms with Crippen molar-refractivity contribution in [3.05, 3.63) is 12.2 Å². The van der Waals surface area contributed by atoms with Crippen molar-refractivity contribution in [3.63, 3.8) is 0 Å². The van der Waals surface area contributed by atoms with Gasteiger partial charge in [-0.25, -0.2) is 4.79 Å².